The van der Waals surface area contributed by atoms with Crippen LogP contribution in [0.25, 0.3) is 0 Å². The predicted molar refractivity (Wildman–Crippen MR) is 121 cm³/mol. The maximum absolute atomic E-state index is 11.8. The van der Waals surface area contributed by atoms with E-state index in [2.05, 4.69) is 22.5 Å². The number of hydrogen-bond acceptors (Lipinski definition) is 3. The summed E-state index contributed by atoms with van der Waals surface area (Å²) >= 11 is 0. The zero-order chi connectivity index (χ0) is 18.6. The first kappa shape index (κ1) is 23.5. The second kappa shape index (κ2) is 13.6. The molecule has 0 spiro atoms. The lowest BCUT2D eigenvalue weighted by molar-refractivity contribution is -0.129. The van der Waals surface area contributed by atoms with E-state index in [1.54, 1.807) is 0 Å². The number of para-hydroxylation sites is 1. The summed E-state index contributed by atoms with van der Waals surface area (Å²) in [6, 6.07) is 10.2. The zero-order valence-corrected chi connectivity index (χ0v) is 18.8. The summed E-state index contributed by atoms with van der Waals surface area (Å²) in [5.41, 5.74) is 0. The summed E-state index contributed by atoms with van der Waals surface area (Å²) in [7, 11) is 0. The van der Waals surface area contributed by atoms with Crippen LogP contribution in [0.3, 0.4) is 0 Å². The number of rotatable bonds is 9. The van der Waals surface area contributed by atoms with Gasteiger partial charge in [-0.1, -0.05) is 25.1 Å². The van der Waals surface area contributed by atoms with E-state index in [1.165, 1.54) is 0 Å². The number of nitrogens with zero attached hydrogens (tertiary/aromatic N) is 2. The Labute approximate surface area is 180 Å². The Bertz CT molecular complexity index is 568. The highest BCUT2D eigenvalue weighted by Gasteiger charge is 2.25. The molecule has 1 aliphatic heterocycles. The highest BCUT2D eigenvalue weighted by Crippen LogP contribution is 2.11. The van der Waals surface area contributed by atoms with Gasteiger partial charge in [0, 0.05) is 38.6 Å². The zero-order valence-electron chi connectivity index (χ0n) is 16.4. The first-order valence-corrected chi connectivity index (χ1v) is 9.73. The van der Waals surface area contributed by atoms with Crippen LogP contribution in [0.2, 0.25) is 0 Å². The van der Waals surface area contributed by atoms with Crippen molar-refractivity contribution < 1.29 is 9.53 Å². The first-order chi connectivity index (χ1) is 12.7. The third kappa shape index (κ3) is 8.81. The fourth-order valence-corrected chi connectivity index (χ4v) is 2.95. The van der Waals surface area contributed by atoms with Gasteiger partial charge in [-0.25, -0.2) is 0 Å². The lowest BCUT2D eigenvalue weighted by Gasteiger charge is -2.18. The van der Waals surface area contributed by atoms with Crippen molar-refractivity contribution in [3.63, 3.8) is 0 Å². The Morgan fingerprint density at radius 2 is 2.04 bits per heavy atom. The molecule has 1 unspecified atom stereocenters. The van der Waals surface area contributed by atoms with Crippen molar-refractivity contribution in [3.05, 3.63) is 30.3 Å². The SMILES string of the molecule is CCNC(=NCCCCOc1ccccc1)NC1CCN(C(=O)CC)C1.I. The second-order valence-electron chi connectivity index (χ2n) is 6.45. The summed E-state index contributed by atoms with van der Waals surface area (Å²) in [5.74, 6) is 1.99. The highest BCUT2D eigenvalue weighted by molar-refractivity contribution is 14.0. The molecule has 0 saturated carbocycles. The first-order valence-electron chi connectivity index (χ1n) is 9.73. The summed E-state index contributed by atoms with van der Waals surface area (Å²) < 4.78 is 5.70. The van der Waals surface area contributed by atoms with Gasteiger partial charge in [-0.2, -0.15) is 0 Å². The molecule has 0 aliphatic carbocycles. The number of nitrogens with one attached hydrogen (secondary N) is 2. The maximum Gasteiger partial charge on any atom is 0.222 e. The van der Waals surface area contributed by atoms with Gasteiger partial charge in [0.1, 0.15) is 5.75 Å². The van der Waals surface area contributed by atoms with Crippen LogP contribution in [0.5, 0.6) is 5.75 Å². The largest absolute Gasteiger partial charge is 0.494 e. The van der Waals surface area contributed by atoms with E-state index in [4.69, 9.17) is 4.74 Å². The number of halogens is 1. The van der Waals surface area contributed by atoms with Crippen molar-refractivity contribution in [1.29, 1.82) is 0 Å². The van der Waals surface area contributed by atoms with Crippen LogP contribution < -0.4 is 15.4 Å². The number of guanidine groups is 1. The quantitative estimate of drug-likeness (QED) is 0.243. The van der Waals surface area contributed by atoms with E-state index in [-0.39, 0.29) is 35.9 Å². The number of likely N-dealkylation sites (tertiary alicyclic amines) is 1. The molecule has 1 heterocycles. The topological polar surface area (TPSA) is 66.0 Å². The molecule has 1 atom stereocenters. The van der Waals surface area contributed by atoms with Crippen molar-refractivity contribution in [2.24, 2.45) is 4.99 Å². The molecule has 0 aromatic heterocycles. The number of benzene rings is 1. The van der Waals surface area contributed by atoms with Gasteiger partial charge in [-0.15, -0.1) is 24.0 Å². The van der Waals surface area contributed by atoms with E-state index in [1.807, 2.05) is 42.2 Å². The Morgan fingerprint density at radius 3 is 2.74 bits per heavy atom. The minimum Gasteiger partial charge on any atom is -0.494 e. The van der Waals surface area contributed by atoms with Gasteiger partial charge >= 0.3 is 0 Å². The molecule has 152 valence electrons. The summed E-state index contributed by atoms with van der Waals surface area (Å²) in [6.45, 7) is 7.87. The van der Waals surface area contributed by atoms with E-state index in [0.29, 0.717) is 13.0 Å². The number of carbonyl (C=O) groups excluding carboxylic acids is 1. The third-order valence-electron chi connectivity index (χ3n) is 4.36. The average molecular weight is 488 g/mol. The maximum atomic E-state index is 11.8. The number of aliphatic imine (C=N–C) groups is 1. The summed E-state index contributed by atoms with van der Waals surface area (Å²) in [5, 5.41) is 6.74. The summed E-state index contributed by atoms with van der Waals surface area (Å²) in [6.07, 6.45) is 3.50. The number of carbonyl (C=O) groups is 1. The molecular formula is C20H33IN4O2. The third-order valence-corrected chi connectivity index (χ3v) is 4.36. The molecule has 1 saturated heterocycles. The van der Waals surface area contributed by atoms with Gasteiger partial charge in [-0.05, 0) is 38.3 Å². The van der Waals surface area contributed by atoms with Crippen molar-refractivity contribution in [3.8, 4) is 5.75 Å². The molecule has 7 heteroatoms. The van der Waals surface area contributed by atoms with Gasteiger partial charge in [0.25, 0.3) is 0 Å². The molecule has 0 radical (unpaired) electrons. The van der Waals surface area contributed by atoms with Crippen LogP contribution in [0.1, 0.15) is 39.5 Å². The molecule has 1 aromatic rings. The van der Waals surface area contributed by atoms with E-state index >= 15 is 0 Å². The van der Waals surface area contributed by atoms with Gasteiger partial charge in [-0.3, -0.25) is 9.79 Å². The van der Waals surface area contributed by atoms with Gasteiger partial charge in [0.2, 0.25) is 5.91 Å². The number of unbranched alkanes of at least 4 members (excludes halogenated alkanes) is 1. The van der Waals surface area contributed by atoms with Gasteiger partial charge in [0.15, 0.2) is 5.96 Å². The molecule has 27 heavy (non-hydrogen) atoms. The van der Waals surface area contributed by atoms with E-state index in [0.717, 1.165) is 57.2 Å². The van der Waals surface area contributed by atoms with Crippen molar-refractivity contribution >= 4 is 35.8 Å². The normalized spacial score (nSPS) is 16.6. The molecular weight excluding hydrogens is 455 g/mol. The Morgan fingerprint density at radius 1 is 1.26 bits per heavy atom. The highest BCUT2D eigenvalue weighted by atomic mass is 127. The Hall–Kier alpha value is -1.51. The Kier molecular flexibility index (Phi) is 11.9. The second-order valence-corrected chi connectivity index (χ2v) is 6.45. The lowest BCUT2D eigenvalue weighted by atomic mass is 10.3. The van der Waals surface area contributed by atoms with Gasteiger partial charge < -0.3 is 20.3 Å². The number of amides is 1. The number of ether oxygens (including phenoxy) is 1. The number of hydrogen-bond donors (Lipinski definition) is 2. The molecule has 0 bridgehead atoms. The van der Waals surface area contributed by atoms with Crippen LogP contribution in [-0.2, 0) is 4.79 Å². The van der Waals surface area contributed by atoms with Crippen LogP contribution in [0.4, 0.5) is 0 Å². The molecule has 2 N–H and O–H groups in total. The van der Waals surface area contributed by atoms with Crippen molar-refractivity contribution in [2.75, 3.05) is 32.8 Å². The smallest absolute Gasteiger partial charge is 0.222 e. The fourth-order valence-electron chi connectivity index (χ4n) is 2.95. The standard InChI is InChI=1S/C20H32N4O2.HI/c1-3-19(25)24-14-12-17(16-24)23-20(21-4-2)22-13-8-9-15-26-18-10-6-5-7-11-18;/h5-7,10-11,17H,3-4,8-9,12-16H2,1-2H3,(H2,21,22,23);1H. The van der Waals surface area contributed by atoms with Crippen LogP contribution in [-0.4, -0.2) is 55.6 Å². The molecule has 1 amide bonds. The van der Waals surface area contributed by atoms with Crippen LogP contribution in [0.15, 0.2) is 35.3 Å². The van der Waals surface area contributed by atoms with E-state index < -0.39 is 0 Å². The van der Waals surface area contributed by atoms with Crippen LogP contribution in [0, 0.1) is 0 Å². The summed E-state index contributed by atoms with van der Waals surface area (Å²) in [4.78, 5) is 18.4. The molecule has 1 fully saturated rings. The minimum absolute atomic E-state index is 0. The van der Waals surface area contributed by atoms with Crippen molar-refractivity contribution in [2.45, 2.75) is 45.6 Å². The lowest BCUT2D eigenvalue weighted by Crippen LogP contribution is -2.45. The molecule has 2 rings (SSSR count). The van der Waals surface area contributed by atoms with E-state index in [9.17, 15) is 4.79 Å². The molecule has 1 aliphatic rings. The Balaban J connectivity index is 0.00000364. The monoisotopic (exact) mass is 488 g/mol. The minimum atomic E-state index is 0. The van der Waals surface area contributed by atoms with Gasteiger partial charge in [0.05, 0.1) is 6.61 Å². The molecule has 6 nitrogen and oxygen atoms in total. The van der Waals surface area contributed by atoms with Crippen LogP contribution >= 0.6 is 24.0 Å². The predicted octanol–water partition coefficient (Wildman–Crippen LogP) is 3.03. The average Bonchev–Trinajstić information content (AvgIpc) is 3.13. The fraction of sp³-hybridized carbons (Fsp3) is 0.600. The van der Waals surface area contributed by atoms with Crippen molar-refractivity contribution in [1.82, 2.24) is 15.5 Å². The molecule has 1 aromatic carbocycles.